The Morgan fingerprint density at radius 3 is 1.91 bits per heavy atom. The minimum absolute atomic E-state index is 0.152. The van der Waals surface area contributed by atoms with Gasteiger partial charge in [0.1, 0.15) is 0 Å². The maximum Gasteiger partial charge on any atom is 0.0668 e. The van der Waals surface area contributed by atoms with Gasteiger partial charge >= 0.3 is 0 Å². The average Bonchev–Trinajstić information content (AvgIpc) is 3.69. The summed E-state index contributed by atoms with van der Waals surface area (Å²) in [5.41, 5.74) is 18.0. The molecule has 0 unspecified atom stereocenters. The van der Waals surface area contributed by atoms with Crippen LogP contribution in [0.4, 0.5) is 5.69 Å². The van der Waals surface area contributed by atoms with Gasteiger partial charge in [-0.2, -0.15) is 0 Å². The highest BCUT2D eigenvalue weighted by Gasteiger charge is 2.43. The van der Waals surface area contributed by atoms with Crippen molar-refractivity contribution in [3.63, 3.8) is 0 Å². The third kappa shape index (κ3) is 5.35. The van der Waals surface area contributed by atoms with E-state index in [1.807, 2.05) is 0 Å². The van der Waals surface area contributed by atoms with Crippen molar-refractivity contribution >= 4 is 33.2 Å². The van der Waals surface area contributed by atoms with Gasteiger partial charge < -0.3 is 4.57 Å². The van der Waals surface area contributed by atoms with Gasteiger partial charge in [-0.25, -0.2) is 0 Å². The van der Waals surface area contributed by atoms with Gasteiger partial charge in [0.2, 0.25) is 0 Å². The standard InChI is InChI=1S/C51H42N2/c1-35(39-27-30-43-42-14-4-7-17-46(42)51(47(43)34-39)31-11-2-12-32-51)52-48-18-8-3-13-40(48)33-36-21-23-37(24-22-36)38-25-28-41(29-26-38)53-49-19-9-5-15-44(49)45-16-6-10-20-50(45)53/h3-10,13-30,34H,2,11-12,31-33H2,1H3. The molecule has 7 aromatic carbocycles. The summed E-state index contributed by atoms with van der Waals surface area (Å²) in [6, 6.07) is 60.3. The summed E-state index contributed by atoms with van der Waals surface area (Å²) in [6.07, 6.45) is 7.27. The Balaban J connectivity index is 0.903. The fourth-order valence-electron chi connectivity index (χ4n) is 9.43. The van der Waals surface area contributed by atoms with Crippen LogP contribution in [0.1, 0.15) is 66.8 Å². The molecule has 53 heavy (non-hydrogen) atoms. The molecule has 0 aliphatic heterocycles. The maximum atomic E-state index is 5.28. The second-order valence-electron chi connectivity index (χ2n) is 15.1. The Morgan fingerprint density at radius 2 is 1.17 bits per heavy atom. The van der Waals surface area contributed by atoms with Crippen molar-refractivity contribution in [2.45, 2.75) is 50.9 Å². The monoisotopic (exact) mass is 682 g/mol. The molecule has 10 rings (SSSR count). The van der Waals surface area contributed by atoms with Crippen LogP contribution in [0.15, 0.2) is 169 Å². The zero-order valence-electron chi connectivity index (χ0n) is 30.2. The van der Waals surface area contributed by atoms with Gasteiger partial charge in [0.25, 0.3) is 0 Å². The smallest absolute Gasteiger partial charge is 0.0668 e. The molecule has 0 bridgehead atoms. The van der Waals surface area contributed by atoms with Gasteiger partial charge in [0, 0.05) is 27.6 Å². The lowest BCUT2D eigenvalue weighted by Gasteiger charge is -2.36. The number of benzene rings is 7. The van der Waals surface area contributed by atoms with Crippen LogP contribution < -0.4 is 0 Å². The molecule has 0 N–H and O–H groups in total. The summed E-state index contributed by atoms with van der Waals surface area (Å²) >= 11 is 0. The highest BCUT2D eigenvalue weighted by atomic mass is 15.0. The molecular weight excluding hydrogens is 641 g/mol. The first kappa shape index (κ1) is 31.7. The molecule has 2 aliphatic carbocycles. The van der Waals surface area contributed by atoms with Crippen LogP contribution in [0, 0.1) is 0 Å². The Kier molecular flexibility index (Phi) is 7.72. The lowest BCUT2D eigenvalue weighted by Crippen LogP contribution is -2.28. The van der Waals surface area contributed by atoms with Crippen molar-refractivity contribution in [2.75, 3.05) is 0 Å². The number of fused-ring (bicyclic) bond motifs is 8. The first-order valence-electron chi connectivity index (χ1n) is 19.2. The number of rotatable bonds is 6. The molecule has 2 heteroatoms. The molecule has 0 amide bonds. The van der Waals surface area contributed by atoms with E-state index in [2.05, 4.69) is 175 Å². The maximum absolute atomic E-state index is 5.28. The summed E-state index contributed by atoms with van der Waals surface area (Å²) in [5, 5.41) is 2.57. The van der Waals surface area contributed by atoms with Gasteiger partial charge in [-0.15, -0.1) is 0 Å². The first-order valence-corrected chi connectivity index (χ1v) is 19.2. The highest BCUT2D eigenvalue weighted by molar-refractivity contribution is 6.09. The number of hydrogen-bond donors (Lipinski definition) is 0. The molecule has 1 saturated carbocycles. The number of para-hydroxylation sites is 3. The van der Waals surface area contributed by atoms with Gasteiger partial charge in [-0.3, -0.25) is 4.99 Å². The molecule has 1 fully saturated rings. The van der Waals surface area contributed by atoms with Crippen LogP contribution in [0.2, 0.25) is 0 Å². The molecule has 0 atom stereocenters. The fourth-order valence-corrected chi connectivity index (χ4v) is 9.43. The lowest BCUT2D eigenvalue weighted by atomic mass is 9.67. The van der Waals surface area contributed by atoms with E-state index in [-0.39, 0.29) is 5.41 Å². The van der Waals surface area contributed by atoms with Crippen molar-refractivity contribution in [1.29, 1.82) is 0 Å². The molecule has 1 aromatic heterocycles. The van der Waals surface area contributed by atoms with Crippen molar-refractivity contribution < 1.29 is 0 Å². The first-order chi connectivity index (χ1) is 26.2. The lowest BCUT2D eigenvalue weighted by molar-refractivity contribution is 0.353. The average molecular weight is 683 g/mol. The van der Waals surface area contributed by atoms with E-state index < -0.39 is 0 Å². The normalized spacial score (nSPS) is 14.8. The molecule has 0 saturated heterocycles. The molecule has 1 spiro atoms. The van der Waals surface area contributed by atoms with Crippen LogP contribution in [0.5, 0.6) is 0 Å². The number of hydrogen-bond acceptors (Lipinski definition) is 1. The van der Waals surface area contributed by atoms with E-state index >= 15 is 0 Å². The summed E-state index contributed by atoms with van der Waals surface area (Å²) in [7, 11) is 0. The van der Waals surface area contributed by atoms with Crippen LogP contribution >= 0.6 is 0 Å². The van der Waals surface area contributed by atoms with E-state index in [0.717, 1.165) is 17.8 Å². The van der Waals surface area contributed by atoms with Gasteiger partial charge in [-0.05, 0) is 113 Å². The quantitative estimate of drug-likeness (QED) is 0.155. The predicted molar refractivity (Wildman–Crippen MR) is 223 cm³/mol. The molecular formula is C51H42N2. The Bertz CT molecular complexity index is 2610. The summed E-state index contributed by atoms with van der Waals surface area (Å²) in [5.74, 6) is 0. The Labute approximate surface area is 312 Å². The van der Waals surface area contributed by atoms with Crippen LogP contribution in [-0.4, -0.2) is 10.3 Å². The van der Waals surface area contributed by atoms with Crippen molar-refractivity contribution in [3.8, 4) is 27.9 Å². The number of aromatic nitrogens is 1. The van der Waals surface area contributed by atoms with Gasteiger partial charge in [-0.1, -0.05) is 147 Å². The van der Waals surface area contributed by atoms with E-state index in [4.69, 9.17) is 4.99 Å². The topological polar surface area (TPSA) is 17.3 Å². The van der Waals surface area contributed by atoms with Gasteiger partial charge in [0.15, 0.2) is 0 Å². The summed E-state index contributed by atoms with van der Waals surface area (Å²) in [6.45, 7) is 2.18. The van der Waals surface area contributed by atoms with E-state index in [0.29, 0.717) is 0 Å². The second kappa shape index (κ2) is 12.9. The minimum Gasteiger partial charge on any atom is -0.309 e. The van der Waals surface area contributed by atoms with E-state index in [1.165, 1.54) is 110 Å². The van der Waals surface area contributed by atoms with E-state index in [1.54, 1.807) is 0 Å². The Hall–Kier alpha value is -5.99. The predicted octanol–water partition coefficient (Wildman–Crippen LogP) is 13.4. The summed E-state index contributed by atoms with van der Waals surface area (Å²) < 4.78 is 2.37. The van der Waals surface area contributed by atoms with Gasteiger partial charge in [0.05, 0.1) is 16.7 Å². The second-order valence-corrected chi connectivity index (χ2v) is 15.1. The largest absolute Gasteiger partial charge is 0.309 e. The van der Waals surface area contributed by atoms with Crippen molar-refractivity contribution in [1.82, 2.24) is 4.57 Å². The third-order valence-corrected chi connectivity index (χ3v) is 12.1. The molecule has 8 aromatic rings. The SMILES string of the molecule is CC(=Nc1ccccc1Cc1ccc(-c2ccc(-n3c4ccccc4c4ccccc43)cc2)cc1)c1ccc2c(c1)C1(CCCCC1)c1ccccc1-2. The van der Waals surface area contributed by atoms with Crippen LogP contribution in [-0.2, 0) is 11.8 Å². The van der Waals surface area contributed by atoms with Crippen molar-refractivity contribution in [3.05, 3.63) is 192 Å². The fraction of sp³-hybridized carbons (Fsp3) is 0.157. The number of nitrogens with zero attached hydrogens (tertiary/aromatic N) is 2. The summed E-state index contributed by atoms with van der Waals surface area (Å²) in [4.78, 5) is 5.28. The molecule has 2 aliphatic rings. The zero-order valence-corrected chi connectivity index (χ0v) is 30.2. The van der Waals surface area contributed by atoms with E-state index in [9.17, 15) is 0 Å². The van der Waals surface area contributed by atoms with Crippen LogP contribution in [0.3, 0.4) is 0 Å². The highest BCUT2D eigenvalue weighted by Crippen LogP contribution is 2.55. The van der Waals surface area contributed by atoms with Crippen molar-refractivity contribution in [2.24, 2.45) is 4.99 Å². The minimum atomic E-state index is 0.152. The zero-order chi connectivity index (χ0) is 35.4. The number of aliphatic imine (C=N–C) groups is 1. The Morgan fingerprint density at radius 1 is 0.566 bits per heavy atom. The van der Waals surface area contributed by atoms with Crippen LogP contribution in [0.25, 0.3) is 49.7 Å². The molecule has 2 nitrogen and oxygen atoms in total. The molecule has 1 heterocycles. The molecule has 256 valence electrons. The molecule has 0 radical (unpaired) electrons. The third-order valence-electron chi connectivity index (χ3n) is 12.1.